The van der Waals surface area contributed by atoms with Gasteiger partial charge in [-0.25, -0.2) is 0 Å². The number of Topliss-reactive ketones (excluding diaryl/α,β-unsaturated/α-hetero) is 1. The number of quaternary nitrogens is 2. The summed E-state index contributed by atoms with van der Waals surface area (Å²) in [5.41, 5.74) is 2.86. The van der Waals surface area contributed by atoms with Gasteiger partial charge in [-0.15, -0.1) is 0 Å². The number of hydrogen-bond donors (Lipinski definition) is 3. The Bertz CT molecular complexity index is 1010. The van der Waals surface area contributed by atoms with Gasteiger partial charge >= 0.3 is 0 Å². The topological polar surface area (TPSA) is 51.0 Å². The first-order valence-electron chi connectivity index (χ1n) is 10.7. The molecule has 2 aromatic carbocycles. The molecule has 0 bridgehead atoms. The van der Waals surface area contributed by atoms with Gasteiger partial charge in [-0.05, 0) is 44.2 Å². The molecule has 1 fully saturated rings. The van der Waals surface area contributed by atoms with E-state index in [9.17, 15) is 4.79 Å². The largest absolute Gasteiger partial charge is 0.488 e. The summed E-state index contributed by atoms with van der Waals surface area (Å²) in [5, 5.41) is 1.76. The number of para-hydroxylation sites is 1. The number of aromatic amines is 1. The van der Waals surface area contributed by atoms with Gasteiger partial charge in [0.1, 0.15) is 51.1 Å². The van der Waals surface area contributed by atoms with E-state index in [-0.39, 0.29) is 11.8 Å². The molecule has 1 aliphatic heterocycles. The molecule has 30 heavy (non-hydrogen) atoms. The van der Waals surface area contributed by atoms with Gasteiger partial charge in [0.15, 0.2) is 0 Å². The van der Waals surface area contributed by atoms with Crippen molar-refractivity contribution in [3.63, 3.8) is 0 Å². The quantitative estimate of drug-likeness (QED) is 0.501. The summed E-state index contributed by atoms with van der Waals surface area (Å²) in [4.78, 5) is 19.6. The molecule has 0 radical (unpaired) electrons. The predicted molar refractivity (Wildman–Crippen MR) is 120 cm³/mol. The summed E-state index contributed by atoms with van der Waals surface area (Å²) < 4.78 is 5.84. The van der Waals surface area contributed by atoms with E-state index in [4.69, 9.17) is 16.3 Å². The molecule has 3 N–H and O–H groups in total. The minimum atomic E-state index is -0.0326. The molecule has 1 aliphatic rings. The van der Waals surface area contributed by atoms with Crippen molar-refractivity contribution >= 4 is 28.3 Å². The molecule has 3 aromatic rings. The van der Waals surface area contributed by atoms with Crippen molar-refractivity contribution in [1.82, 2.24) is 4.98 Å². The number of carbonyl (C=O) groups excluding carboxylic acids is 1. The highest BCUT2D eigenvalue weighted by atomic mass is 35.5. The van der Waals surface area contributed by atoms with Crippen LogP contribution in [0.2, 0.25) is 5.02 Å². The van der Waals surface area contributed by atoms with E-state index < -0.39 is 0 Å². The number of hydrogen-bond acceptors (Lipinski definition) is 2. The van der Waals surface area contributed by atoms with Crippen molar-refractivity contribution in [3.8, 4) is 5.75 Å². The lowest BCUT2D eigenvalue weighted by molar-refractivity contribution is -1.02. The van der Waals surface area contributed by atoms with E-state index in [2.05, 4.69) is 11.9 Å². The molecule has 1 aromatic heterocycles. The number of benzene rings is 2. The smallest absolute Gasteiger partial charge is 0.222 e. The van der Waals surface area contributed by atoms with Gasteiger partial charge in [0.2, 0.25) is 5.78 Å². The number of H-pyrrole nitrogens is 1. The van der Waals surface area contributed by atoms with E-state index in [1.807, 2.05) is 55.5 Å². The predicted octanol–water partition coefficient (Wildman–Crippen LogP) is 1.56. The Balaban J connectivity index is 1.29. The zero-order valence-electron chi connectivity index (χ0n) is 17.6. The highest BCUT2D eigenvalue weighted by molar-refractivity contribution is 6.30. The van der Waals surface area contributed by atoms with E-state index in [1.54, 1.807) is 0 Å². The van der Waals surface area contributed by atoms with Crippen LogP contribution in [0.25, 0.3) is 10.9 Å². The third kappa shape index (κ3) is 4.53. The number of halogens is 1. The van der Waals surface area contributed by atoms with E-state index >= 15 is 0 Å². The highest BCUT2D eigenvalue weighted by Crippen LogP contribution is 2.22. The van der Waals surface area contributed by atoms with E-state index in [0.717, 1.165) is 65.7 Å². The van der Waals surface area contributed by atoms with E-state index in [0.29, 0.717) is 6.61 Å². The standard InChI is InChI=1S/C24H28ClN3O2/c1-17-23(21-5-3-4-6-22(21)26-17)24(29)18(2)28-13-11-27(12-14-28)15-16-30-20-9-7-19(25)8-10-20/h3-10,18,26H,11-16H2,1-2H3/p+2/t18-/m1/s1. The number of ketones is 1. The number of aromatic nitrogens is 1. The maximum absolute atomic E-state index is 13.3. The summed E-state index contributed by atoms with van der Waals surface area (Å²) >= 11 is 5.91. The maximum Gasteiger partial charge on any atom is 0.222 e. The maximum atomic E-state index is 13.3. The number of carbonyl (C=O) groups is 1. The zero-order chi connectivity index (χ0) is 21.1. The molecule has 4 rings (SSSR count). The van der Waals surface area contributed by atoms with Crippen LogP contribution in [0, 0.1) is 6.92 Å². The Labute approximate surface area is 182 Å². The molecular weight excluding hydrogens is 398 g/mol. The number of ether oxygens (including phenoxy) is 1. The van der Waals surface area contributed by atoms with Gasteiger partial charge in [0, 0.05) is 21.6 Å². The summed E-state index contributed by atoms with van der Waals surface area (Å²) in [7, 11) is 0. The van der Waals surface area contributed by atoms with Crippen LogP contribution in [0.4, 0.5) is 0 Å². The minimum absolute atomic E-state index is 0.0326. The van der Waals surface area contributed by atoms with Crippen molar-refractivity contribution < 1.29 is 19.3 Å². The minimum Gasteiger partial charge on any atom is -0.488 e. The fraction of sp³-hybridized carbons (Fsp3) is 0.375. The molecule has 158 valence electrons. The molecule has 0 amide bonds. The van der Waals surface area contributed by atoms with Crippen LogP contribution in [-0.2, 0) is 0 Å². The second-order valence-corrected chi connectivity index (χ2v) is 8.65. The van der Waals surface area contributed by atoms with Gasteiger partial charge in [0.05, 0.1) is 5.56 Å². The van der Waals surface area contributed by atoms with Crippen LogP contribution >= 0.6 is 11.6 Å². The molecule has 2 heterocycles. The van der Waals surface area contributed by atoms with Crippen LogP contribution in [0.5, 0.6) is 5.75 Å². The Hall–Kier alpha value is -2.34. The van der Waals surface area contributed by atoms with Gasteiger partial charge in [-0.1, -0.05) is 29.8 Å². The molecule has 5 nitrogen and oxygen atoms in total. The fourth-order valence-electron chi connectivity index (χ4n) is 4.45. The number of fused-ring (bicyclic) bond motifs is 1. The van der Waals surface area contributed by atoms with Crippen LogP contribution in [0.3, 0.4) is 0 Å². The summed E-state index contributed by atoms with van der Waals surface area (Å²) in [6, 6.07) is 15.5. The van der Waals surface area contributed by atoms with Crippen LogP contribution in [-0.4, -0.2) is 56.1 Å². The second-order valence-electron chi connectivity index (χ2n) is 8.22. The molecule has 1 atom stereocenters. The van der Waals surface area contributed by atoms with Gasteiger partial charge in [-0.3, -0.25) is 4.79 Å². The monoisotopic (exact) mass is 427 g/mol. The summed E-state index contributed by atoms with van der Waals surface area (Å²) in [6.45, 7) is 9.86. The Morgan fingerprint density at radius 2 is 1.80 bits per heavy atom. The normalized spacial score (nSPS) is 20.2. The SMILES string of the molecule is Cc1[nH]c2ccccc2c1C(=O)[C@@H](C)[NH+]1CC[NH+](CCOc2ccc(Cl)cc2)CC1. The average Bonchev–Trinajstić information content (AvgIpc) is 3.10. The number of rotatable bonds is 7. The van der Waals surface area contributed by atoms with Crippen molar-refractivity contribution in [2.45, 2.75) is 19.9 Å². The van der Waals surface area contributed by atoms with Gasteiger partial charge in [0.25, 0.3) is 0 Å². The molecular formula is C24H30ClN3O2+2. The lowest BCUT2D eigenvalue weighted by Gasteiger charge is -2.32. The fourth-order valence-corrected chi connectivity index (χ4v) is 4.57. The average molecular weight is 428 g/mol. The van der Waals surface area contributed by atoms with Crippen molar-refractivity contribution in [3.05, 3.63) is 64.8 Å². The molecule has 0 aliphatic carbocycles. The second kappa shape index (κ2) is 9.21. The molecule has 0 saturated carbocycles. The number of aryl methyl sites for hydroxylation is 1. The first-order chi connectivity index (χ1) is 14.5. The lowest BCUT2D eigenvalue weighted by atomic mass is 10.0. The zero-order valence-corrected chi connectivity index (χ0v) is 18.4. The van der Waals surface area contributed by atoms with Crippen molar-refractivity contribution in [2.24, 2.45) is 0 Å². The molecule has 6 heteroatoms. The van der Waals surface area contributed by atoms with Crippen LogP contribution in [0.15, 0.2) is 48.5 Å². The van der Waals surface area contributed by atoms with E-state index in [1.165, 1.54) is 9.80 Å². The lowest BCUT2D eigenvalue weighted by Crippen LogP contribution is -3.30. The Kier molecular flexibility index (Phi) is 6.42. The van der Waals surface area contributed by atoms with Crippen LogP contribution < -0.4 is 14.5 Å². The first-order valence-corrected chi connectivity index (χ1v) is 11.1. The van der Waals surface area contributed by atoms with Gasteiger partial charge < -0.3 is 19.5 Å². The highest BCUT2D eigenvalue weighted by Gasteiger charge is 2.33. The van der Waals surface area contributed by atoms with Crippen LogP contribution in [0.1, 0.15) is 23.0 Å². The van der Waals surface area contributed by atoms with Crippen molar-refractivity contribution in [2.75, 3.05) is 39.3 Å². The third-order valence-corrected chi connectivity index (χ3v) is 6.53. The Morgan fingerprint density at radius 3 is 2.53 bits per heavy atom. The van der Waals surface area contributed by atoms with Crippen molar-refractivity contribution in [1.29, 1.82) is 0 Å². The van der Waals surface area contributed by atoms with Gasteiger partial charge in [-0.2, -0.15) is 0 Å². The molecule has 0 unspecified atom stereocenters. The molecule has 1 saturated heterocycles. The summed E-state index contributed by atoms with van der Waals surface area (Å²) in [6.07, 6.45) is 0. The summed E-state index contributed by atoms with van der Waals surface area (Å²) in [5.74, 6) is 1.10. The molecule has 0 spiro atoms. The number of piperazine rings is 1. The third-order valence-electron chi connectivity index (χ3n) is 6.28. The first kappa shape index (κ1) is 20.9. The number of nitrogens with one attached hydrogen (secondary N) is 3. The Morgan fingerprint density at radius 1 is 1.10 bits per heavy atom.